The second kappa shape index (κ2) is 7.26. The van der Waals surface area contributed by atoms with Crippen LogP contribution in [0.15, 0.2) is 24.3 Å². The molecule has 5 heteroatoms. The third kappa shape index (κ3) is 3.37. The Bertz CT molecular complexity index is 690. The third-order valence-electron chi connectivity index (χ3n) is 5.47. The monoisotopic (exact) mass is 349 g/mol. The minimum Gasteiger partial charge on any atom is -0.342 e. The molecule has 0 saturated carbocycles. The molecular formula is C19H27NO3S. The van der Waals surface area contributed by atoms with E-state index < -0.39 is 20.3 Å². The Morgan fingerprint density at radius 1 is 1.08 bits per heavy atom. The fourth-order valence-electron chi connectivity index (χ4n) is 3.99. The standard InChI is InChI=1S/C19H27NO3S/c1-15(19(21)20-13-6-2-3-7-14-20)24(22,23)18-12-8-10-16-9-4-5-11-17(16)18/h4-5,9,11,15,18H,2-3,6-8,10,12-14H2,1H3. The summed E-state index contributed by atoms with van der Waals surface area (Å²) in [5.74, 6) is -0.208. The average Bonchev–Trinajstić information content (AvgIpc) is 2.89. The molecule has 1 amide bonds. The molecule has 132 valence electrons. The van der Waals surface area contributed by atoms with Crippen molar-refractivity contribution < 1.29 is 13.2 Å². The van der Waals surface area contributed by atoms with Crippen LogP contribution < -0.4 is 0 Å². The minimum atomic E-state index is -3.53. The van der Waals surface area contributed by atoms with E-state index in [1.807, 2.05) is 24.3 Å². The fraction of sp³-hybridized carbons (Fsp3) is 0.632. The molecule has 2 unspecified atom stereocenters. The second-order valence-electron chi connectivity index (χ2n) is 7.05. The van der Waals surface area contributed by atoms with E-state index in [0.29, 0.717) is 19.5 Å². The lowest BCUT2D eigenvalue weighted by Crippen LogP contribution is -2.43. The molecule has 0 N–H and O–H groups in total. The van der Waals surface area contributed by atoms with Gasteiger partial charge in [-0.2, -0.15) is 0 Å². The van der Waals surface area contributed by atoms with Crippen molar-refractivity contribution in [1.82, 2.24) is 4.90 Å². The van der Waals surface area contributed by atoms with Crippen LogP contribution in [0.5, 0.6) is 0 Å². The third-order valence-corrected chi connectivity index (χ3v) is 7.94. The van der Waals surface area contributed by atoms with Crippen molar-refractivity contribution in [2.75, 3.05) is 13.1 Å². The van der Waals surface area contributed by atoms with Crippen molar-refractivity contribution in [1.29, 1.82) is 0 Å². The van der Waals surface area contributed by atoms with Gasteiger partial charge in [0.15, 0.2) is 9.84 Å². The normalized spacial score (nSPS) is 23.2. The van der Waals surface area contributed by atoms with Gasteiger partial charge in [-0.15, -0.1) is 0 Å². The maximum Gasteiger partial charge on any atom is 0.240 e. The molecule has 0 aromatic heterocycles. The minimum absolute atomic E-state index is 0.208. The summed E-state index contributed by atoms with van der Waals surface area (Å²) in [7, 11) is -3.53. The van der Waals surface area contributed by atoms with Crippen molar-refractivity contribution >= 4 is 15.7 Å². The van der Waals surface area contributed by atoms with Crippen molar-refractivity contribution in [3.8, 4) is 0 Å². The van der Waals surface area contributed by atoms with Gasteiger partial charge in [0, 0.05) is 13.1 Å². The van der Waals surface area contributed by atoms with E-state index in [2.05, 4.69) is 0 Å². The maximum absolute atomic E-state index is 13.2. The predicted molar refractivity (Wildman–Crippen MR) is 95.6 cm³/mol. The molecule has 1 aromatic rings. The Labute approximate surface area is 145 Å². The first-order valence-electron chi connectivity index (χ1n) is 9.11. The number of sulfone groups is 1. The number of carbonyl (C=O) groups is 1. The van der Waals surface area contributed by atoms with Gasteiger partial charge in [0.05, 0.1) is 5.25 Å². The van der Waals surface area contributed by atoms with Crippen LogP contribution >= 0.6 is 0 Å². The Kier molecular flexibility index (Phi) is 5.28. The Morgan fingerprint density at radius 3 is 2.46 bits per heavy atom. The molecule has 1 heterocycles. The highest BCUT2D eigenvalue weighted by molar-refractivity contribution is 7.93. The maximum atomic E-state index is 13.2. The molecule has 4 nitrogen and oxygen atoms in total. The molecule has 1 aliphatic carbocycles. The summed E-state index contributed by atoms with van der Waals surface area (Å²) in [4.78, 5) is 14.6. The lowest BCUT2D eigenvalue weighted by atomic mass is 9.91. The van der Waals surface area contributed by atoms with Gasteiger partial charge in [0.25, 0.3) is 0 Å². The Hall–Kier alpha value is -1.36. The van der Waals surface area contributed by atoms with E-state index in [-0.39, 0.29) is 5.91 Å². The fourth-order valence-corrected chi connectivity index (χ4v) is 5.99. The molecule has 2 aliphatic rings. The number of aryl methyl sites for hydroxylation is 1. The van der Waals surface area contributed by atoms with Gasteiger partial charge < -0.3 is 4.90 Å². The zero-order chi connectivity index (χ0) is 17.2. The lowest BCUT2D eigenvalue weighted by Gasteiger charge is -2.30. The quantitative estimate of drug-likeness (QED) is 0.841. The zero-order valence-electron chi connectivity index (χ0n) is 14.4. The molecule has 0 spiro atoms. The summed E-state index contributed by atoms with van der Waals surface area (Å²) in [5, 5.41) is -1.49. The average molecular weight is 349 g/mol. The first kappa shape index (κ1) is 17.5. The smallest absolute Gasteiger partial charge is 0.240 e. The van der Waals surface area contributed by atoms with Gasteiger partial charge in [-0.3, -0.25) is 4.79 Å². The number of benzene rings is 1. The molecule has 0 bridgehead atoms. The summed E-state index contributed by atoms with van der Waals surface area (Å²) < 4.78 is 26.3. The highest BCUT2D eigenvalue weighted by atomic mass is 32.2. The van der Waals surface area contributed by atoms with Crippen molar-refractivity contribution in [3.05, 3.63) is 35.4 Å². The highest BCUT2D eigenvalue weighted by Crippen LogP contribution is 2.37. The Morgan fingerprint density at radius 2 is 1.75 bits per heavy atom. The zero-order valence-corrected chi connectivity index (χ0v) is 15.2. The number of carbonyl (C=O) groups excluding carboxylic acids is 1. The van der Waals surface area contributed by atoms with Crippen molar-refractivity contribution in [3.63, 3.8) is 0 Å². The topological polar surface area (TPSA) is 54.5 Å². The van der Waals surface area contributed by atoms with Crippen LogP contribution in [0.1, 0.15) is 61.8 Å². The molecular weight excluding hydrogens is 322 g/mol. The van der Waals surface area contributed by atoms with Gasteiger partial charge in [0.1, 0.15) is 5.25 Å². The second-order valence-corrected chi connectivity index (χ2v) is 9.50. The lowest BCUT2D eigenvalue weighted by molar-refractivity contribution is -0.130. The number of hydrogen-bond donors (Lipinski definition) is 0. The van der Waals surface area contributed by atoms with E-state index in [0.717, 1.165) is 49.7 Å². The highest BCUT2D eigenvalue weighted by Gasteiger charge is 2.40. The number of rotatable bonds is 3. The van der Waals surface area contributed by atoms with Crippen molar-refractivity contribution in [2.45, 2.75) is 62.4 Å². The molecule has 1 aliphatic heterocycles. The van der Waals surface area contributed by atoms with Gasteiger partial charge in [-0.1, -0.05) is 37.1 Å². The summed E-state index contributed by atoms with van der Waals surface area (Å²) >= 11 is 0. The SMILES string of the molecule is CC(C(=O)N1CCCCCC1)S(=O)(=O)C1CCCc2ccccc21. The number of fused-ring (bicyclic) bond motifs is 1. The van der Waals surface area contributed by atoms with Gasteiger partial charge in [0.2, 0.25) is 5.91 Å². The van der Waals surface area contributed by atoms with Crippen LogP contribution in [0.25, 0.3) is 0 Å². The summed E-state index contributed by atoms with van der Waals surface area (Å²) in [6, 6.07) is 7.78. The van der Waals surface area contributed by atoms with Crippen LogP contribution in [-0.2, 0) is 21.1 Å². The molecule has 0 radical (unpaired) electrons. The Balaban J connectivity index is 1.83. The van der Waals surface area contributed by atoms with Crippen LogP contribution in [0.2, 0.25) is 0 Å². The van der Waals surface area contributed by atoms with Gasteiger partial charge >= 0.3 is 0 Å². The van der Waals surface area contributed by atoms with E-state index in [4.69, 9.17) is 0 Å². The van der Waals surface area contributed by atoms with Crippen LogP contribution in [0.3, 0.4) is 0 Å². The molecule has 1 aromatic carbocycles. The van der Waals surface area contributed by atoms with E-state index >= 15 is 0 Å². The number of nitrogens with zero attached hydrogens (tertiary/aromatic N) is 1. The first-order valence-corrected chi connectivity index (χ1v) is 10.7. The molecule has 1 saturated heterocycles. The van der Waals surface area contributed by atoms with Crippen LogP contribution in [0, 0.1) is 0 Å². The first-order chi connectivity index (χ1) is 11.5. The van der Waals surface area contributed by atoms with Crippen LogP contribution in [-0.4, -0.2) is 37.6 Å². The summed E-state index contributed by atoms with van der Waals surface area (Å²) in [5.41, 5.74) is 2.02. The largest absolute Gasteiger partial charge is 0.342 e. The van der Waals surface area contributed by atoms with E-state index in [1.54, 1.807) is 11.8 Å². The number of hydrogen-bond acceptors (Lipinski definition) is 3. The van der Waals surface area contributed by atoms with E-state index in [1.165, 1.54) is 0 Å². The number of amides is 1. The molecule has 2 atom stereocenters. The molecule has 1 fully saturated rings. The molecule has 3 rings (SSSR count). The predicted octanol–water partition coefficient (Wildman–Crippen LogP) is 3.27. The van der Waals surface area contributed by atoms with Gasteiger partial charge in [-0.25, -0.2) is 8.42 Å². The van der Waals surface area contributed by atoms with Crippen molar-refractivity contribution in [2.24, 2.45) is 0 Å². The summed E-state index contributed by atoms with van der Waals surface area (Å²) in [6.45, 7) is 2.97. The van der Waals surface area contributed by atoms with E-state index in [9.17, 15) is 13.2 Å². The van der Waals surface area contributed by atoms with Crippen LogP contribution in [0.4, 0.5) is 0 Å². The molecule has 24 heavy (non-hydrogen) atoms. The summed E-state index contributed by atoms with van der Waals surface area (Å²) in [6.07, 6.45) is 6.62. The number of likely N-dealkylation sites (tertiary alicyclic amines) is 1. The van der Waals surface area contributed by atoms with Gasteiger partial charge in [-0.05, 0) is 50.2 Å².